The van der Waals surface area contributed by atoms with Gasteiger partial charge in [0.25, 0.3) is 0 Å². The quantitative estimate of drug-likeness (QED) is 0.540. The van der Waals surface area contributed by atoms with Crippen LogP contribution in [0.5, 0.6) is 0 Å². The van der Waals surface area contributed by atoms with Gasteiger partial charge in [0.2, 0.25) is 0 Å². The maximum atomic E-state index is 3.51. The highest BCUT2D eigenvalue weighted by molar-refractivity contribution is 9.10. The van der Waals surface area contributed by atoms with Crippen molar-refractivity contribution in [1.82, 2.24) is 0 Å². The van der Waals surface area contributed by atoms with Gasteiger partial charge in [0.1, 0.15) is 0 Å². The van der Waals surface area contributed by atoms with Gasteiger partial charge in [-0.2, -0.15) is 0 Å². The van der Waals surface area contributed by atoms with Crippen molar-refractivity contribution in [3.63, 3.8) is 0 Å². The van der Waals surface area contributed by atoms with Crippen LogP contribution in [0.3, 0.4) is 0 Å². The lowest BCUT2D eigenvalue weighted by Gasteiger charge is -2.54. The predicted molar refractivity (Wildman–Crippen MR) is 102 cm³/mol. The third kappa shape index (κ3) is 2.67. The van der Waals surface area contributed by atoms with Crippen molar-refractivity contribution >= 4 is 15.9 Å². The fourth-order valence-corrected chi connectivity index (χ4v) is 5.15. The molecule has 3 aliphatic carbocycles. The molecule has 3 aliphatic rings. The van der Waals surface area contributed by atoms with Crippen molar-refractivity contribution < 1.29 is 0 Å². The molecular formula is C22H25Br. The maximum absolute atomic E-state index is 3.51. The molecule has 2 bridgehead atoms. The molecule has 0 aromatic heterocycles. The highest BCUT2D eigenvalue weighted by Crippen LogP contribution is 2.59. The first kappa shape index (κ1) is 15.4. The fraction of sp³-hybridized carbons (Fsp3) is 0.455. The Balaban J connectivity index is 1.58. The molecular weight excluding hydrogens is 344 g/mol. The highest BCUT2D eigenvalue weighted by Gasteiger charge is 2.48. The molecule has 0 unspecified atom stereocenters. The molecule has 0 radical (unpaired) electrons. The van der Waals surface area contributed by atoms with E-state index in [1.807, 2.05) is 0 Å². The second kappa shape index (κ2) is 5.77. The number of benzene rings is 2. The van der Waals surface area contributed by atoms with Gasteiger partial charge in [0.05, 0.1) is 0 Å². The molecule has 3 saturated carbocycles. The second-order valence-corrected chi connectivity index (χ2v) is 8.63. The maximum Gasteiger partial charge on any atom is 0.0175 e. The molecule has 0 amide bonds. The van der Waals surface area contributed by atoms with E-state index in [1.165, 1.54) is 56.1 Å². The summed E-state index contributed by atoms with van der Waals surface area (Å²) in [5.41, 5.74) is 5.39. The summed E-state index contributed by atoms with van der Waals surface area (Å²) in [6.07, 6.45) is 9.91. The Labute approximate surface area is 148 Å². The largest absolute Gasteiger partial charge is 0.0649 e. The molecule has 2 aromatic rings. The van der Waals surface area contributed by atoms with E-state index in [0.29, 0.717) is 10.8 Å². The van der Waals surface area contributed by atoms with Gasteiger partial charge in [-0.3, -0.25) is 0 Å². The van der Waals surface area contributed by atoms with Gasteiger partial charge in [0, 0.05) is 4.47 Å². The first-order chi connectivity index (χ1) is 11.1. The van der Waals surface area contributed by atoms with Crippen molar-refractivity contribution in [1.29, 1.82) is 0 Å². The van der Waals surface area contributed by atoms with Crippen LogP contribution < -0.4 is 0 Å². The van der Waals surface area contributed by atoms with Gasteiger partial charge in [-0.25, -0.2) is 0 Å². The summed E-state index contributed by atoms with van der Waals surface area (Å²) in [5.74, 6) is 0. The van der Waals surface area contributed by atoms with E-state index in [9.17, 15) is 0 Å². The van der Waals surface area contributed by atoms with Gasteiger partial charge < -0.3 is 0 Å². The topological polar surface area (TPSA) is 0 Å². The smallest absolute Gasteiger partial charge is 0.0175 e. The fourth-order valence-electron chi connectivity index (χ4n) is 4.89. The summed E-state index contributed by atoms with van der Waals surface area (Å²) in [6.45, 7) is 2.39. The zero-order valence-corrected chi connectivity index (χ0v) is 15.5. The molecule has 5 rings (SSSR count). The first-order valence-corrected chi connectivity index (χ1v) is 9.81. The lowest BCUT2D eigenvalue weighted by atomic mass is 9.51. The predicted octanol–water partition coefficient (Wildman–Crippen LogP) is 7.12. The van der Waals surface area contributed by atoms with Crippen LogP contribution in [0.2, 0.25) is 0 Å². The van der Waals surface area contributed by atoms with Crippen LogP contribution >= 0.6 is 15.9 Å². The third-order valence-corrected chi connectivity index (χ3v) is 7.36. The van der Waals surface area contributed by atoms with Crippen molar-refractivity contribution in [2.75, 3.05) is 0 Å². The average Bonchev–Trinajstić information content (AvgIpc) is 2.64. The molecule has 2 aromatic carbocycles. The first-order valence-electron chi connectivity index (χ1n) is 9.01. The molecule has 0 saturated heterocycles. The van der Waals surface area contributed by atoms with Crippen LogP contribution in [0.4, 0.5) is 0 Å². The van der Waals surface area contributed by atoms with E-state index in [-0.39, 0.29) is 0 Å². The summed E-state index contributed by atoms with van der Waals surface area (Å²) < 4.78 is 1.14. The van der Waals surface area contributed by atoms with Crippen LogP contribution in [0.15, 0.2) is 53.0 Å². The van der Waals surface area contributed by atoms with Crippen molar-refractivity contribution in [3.8, 4) is 11.1 Å². The lowest BCUT2D eigenvalue weighted by Crippen LogP contribution is -2.43. The van der Waals surface area contributed by atoms with E-state index in [4.69, 9.17) is 0 Å². The minimum Gasteiger partial charge on any atom is -0.0649 e. The Morgan fingerprint density at radius 1 is 0.739 bits per heavy atom. The molecule has 23 heavy (non-hydrogen) atoms. The van der Waals surface area contributed by atoms with E-state index >= 15 is 0 Å². The van der Waals surface area contributed by atoms with Crippen LogP contribution in [0.1, 0.15) is 57.4 Å². The van der Waals surface area contributed by atoms with Gasteiger partial charge >= 0.3 is 0 Å². The summed E-state index contributed by atoms with van der Waals surface area (Å²) in [7, 11) is 0. The zero-order chi connectivity index (χ0) is 15.9. The highest BCUT2D eigenvalue weighted by atomic mass is 79.9. The summed E-state index contributed by atoms with van der Waals surface area (Å²) in [5, 5.41) is 0. The average molecular weight is 369 g/mol. The Morgan fingerprint density at radius 2 is 1.22 bits per heavy atom. The number of fused-ring (bicyclic) bond motifs is 3. The van der Waals surface area contributed by atoms with Gasteiger partial charge in [-0.1, -0.05) is 65.7 Å². The molecule has 0 atom stereocenters. The van der Waals surface area contributed by atoms with Crippen LogP contribution in [0, 0.1) is 5.41 Å². The van der Waals surface area contributed by atoms with Gasteiger partial charge in [-0.15, -0.1) is 0 Å². The summed E-state index contributed by atoms with van der Waals surface area (Å²) in [6, 6.07) is 18.1. The number of halogens is 1. The molecule has 1 heteroatoms. The second-order valence-electron chi connectivity index (χ2n) is 7.72. The molecule has 3 fully saturated rings. The molecule has 0 heterocycles. The van der Waals surface area contributed by atoms with Gasteiger partial charge in [-0.05, 0) is 78.2 Å². The van der Waals surface area contributed by atoms with Crippen LogP contribution in [-0.4, -0.2) is 0 Å². The van der Waals surface area contributed by atoms with Crippen molar-refractivity contribution in [2.24, 2.45) is 5.41 Å². The number of rotatable bonds is 3. The zero-order valence-electron chi connectivity index (χ0n) is 13.9. The number of hydrogen-bond donors (Lipinski definition) is 0. The normalized spacial score (nSPS) is 29.7. The SMILES string of the molecule is CCC12CCC(c3ccc(-c4ccc(Br)cc4)cc3)(CC1)CC2. The van der Waals surface area contributed by atoms with Crippen molar-refractivity contribution in [3.05, 3.63) is 58.6 Å². The van der Waals surface area contributed by atoms with Crippen LogP contribution in [0.25, 0.3) is 11.1 Å². The van der Waals surface area contributed by atoms with E-state index < -0.39 is 0 Å². The minimum atomic E-state index is 0.481. The van der Waals surface area contributed by atoms with E-state index in [0.717, 1.165) is 4.47 Å². The Hall–Kier alpha value is -1.08. The molecule has 120 valence electrons. The Bertz CT molecular complexity index is 656. The summed E-state index contributed by atoms with van der Waals surface area (Å²) in [4.78, 5) is 0. The molecule has 0 nitrogen and oxygen atoms in total. The molecule has 0 aliphatic heterocycles. The third-order valence-electron chi connectivity index (χ3n) is 6.83. The number of hydrogen-bond acceptors (Lipinski definition) is 0. The Morgan fingerprint density at radius 3 is 1.70 bits per heavy atom. The minimum absolute atomic E-state index is 0.481. The lowest BCUT2D eigenvalue weighted by molar-refractivity contribution is 0.0367. The van der Waals surface area contributed by atoms with Crippen molar-refractivity contribution in [2.45, 2.75) is 57.3 Å². The monoisotopic (exact) mass is 368 g/mol. The van der Waals surface area contributed by atoms with E-state index in [2.05, 4.69) is 71.4 Å². The van der Waals surface area contributed by atoms with E-state index in [1.54, 1.807) is 5.56 Å². The molecule has 0 spiro atoms. The van der Waals surface area contributed by atoms with Crippen LogP contribution in [-0.2, 0) is 5.41 Å². The molecule has 0 N–H and O–H groups in total. The summed E-state index contributed by atoms with van der Waals surface area (Å²) >= 11 is 3.51. The van der Waals surface area contributed by atoms with Gasteiger partial charge in [0.15, 0.2) is 0 Å². The Kier molecular flexibility index (Phi) is 3.88. The standard InChI is InChI=1S/C22H25Br/c1-2-21-11-14-22(15-12-21,16-13-21)19-7-3-17(4-8-19)18-5-9-20(23)10-6-18/h3-10H,2,11-16H2,1H3.